The van der Waals surface area contributed by atoms with Crippen LogP contribution in [0.1, 0.15) is 22.7 Å². The highest BCUT2D eigenvalue weighted by molar-refractivity contribution is 6.32. The summed E-state index contributed by atoms with van der Waals surface area (Å²) in [4.78, 5) is 12.7. The number of benzene rings is 1. The molecule has 0 saturated heterocycles. The van der Waals surface area contributed by atoms with E-state index >= 15 is 0 Å². The molecule has 2 aromatic heterocycles. The van der Waals surface area contributed by atoms with Crippen molar-refractivity contribution < 1.29 is 0 Å². The molecule has 11 heteroatoms. The number of nitriles is 2. The number of anilines is 3. The Hall–Kier alpha value is -4.28. The number of hydrogen-bond donors (Lipinski definition) is 4. The van der Waals surface area contributed by atoms with E-state index in [0.29, 0.717) is 22.0 Å². The van der Waals surface area contributed by atoms with Gasteiger partial charge in [-0.3, -0.25) is 5.32 Å². The minimum Gasteiger partial charge on any atom is -0.397 e. The Kier molecular flexibility index (Phi) is 4.39. The molecule has 6 N–H and O–H groups in total. The average Bonchev–Trinajstić information content (AvgIpc) is 3.22. The lowest BCUT2D eigenvalue weighted by molar-refractivity contribution is 0.845. The predicted octanol–water partition coefficient (Wildman–Crippen LogP) is 1.90. The van der Waals surface area contributed by atoms with Crippen LogP contribution in [-0.4, -0.2) is 20.5 Å². The van der Waals surface area contributed by atoms with Crippen molar-refractivity contribution in [2.45, 2.75) is 6.04 Å². The van der Waals surface area contributed by atoms with Gasteiger partial charge in [0.05, 0.1) is 22.7 Å². The number of fused-ring (bicyclic) bond motifs is 1. The van der Waals surface area contributed by atoms with Gasteiger partial charge in [-0.25, -0.2) is 15.0 Å². The molecule has 1 unspecified atom stereocenters. The molecular formula is C18H13ClN10. The Morgan fingerprint density at radius 2 is 2.10 bits per heavy atom. The van der Waals surface area contributed by atoms with Gasteiger partial charge in [0.25, 0.3) is 0 Å². The standard InChI is InChI=1S/C18H13ClN10/c19-11-5-9(1-2-12(11)29-4-3-24-8-29)15-13-14(22)10(6-20)16(23)27-17(13)28-18(26-15)25-7-21/h1-5,8,15H,(H6,22,23,25,26,27,28). The molecule has 10 nitrogen and oxygen atoms in total. The lowest BCUT2D eigenvalue weighted by atomic mass is 9.95. The lowest BCUT2D eigenvalue weighted by Gasteiger charge is -2.26. The Balaban J connectivity index is 1.88. The number of hydrogen-bond acceptors (Lipinski definition) is 9. The number of rotatable bonds is 2. The van der Waals surface area contributed by atoms with Crippen molar-refractivity contribution in [1.82, 2.24) is 19.9 Å². The number of aliphatic imine (C=N–C) groups is 1. The van der Waals surface area contributed by atoms with Gasteiger partial charge in [0.2, 0.25) is 5.96 Å². The van der Waals surface area contributed by atoms with Crippen LogP contribution in [0.4, 0.5) is 17.3 Å². The first-order chi connectivity index (χ1) is 14.0. The topological polar surface area (TPSA) is 167 Å². The molecule has 0 amide bonds. The molecule has 0 spiro atoms. The zero-order chi connectivity index (χ0) is 20.5. The Bertz CT molecular complexity index is 1220. The summed E-state index contributed by atoms with van der Waals surface area (Å²) < 4.78 is 1.78. The summed E-state index contributed by atoms with van der Waals surface area (Å²) in [5.74, 6) is 0.476. The normalized spacial score (nSPS) is 14.7. The molecule has 3 aromatic rings. The molecule has 0 bridgehead atoms. The van der Waals surface area contributed by atoms with E-state index in [-0.39, 0.29) is 23.0 Å². The quantitative estimate of drug-likeness (QED) is 0.371. The third-order valence-corrected chi connectivity index (χ3v) is 4.73. The Morgan fingerprint density at radius 3 is 2.76 bits per heavy atom. The van der Waals surface area contributed by atoms with Crippen LogP contribution in [0.25, 0.3) is 5.69 Å². The summed E-state index contributed by atoms with van der Waals surface area (Å²) in [6.45, 7) is 0. The van der Waals surface area contributed by atoms with Crippen molar-refractivity contribution in [3.8, 4) is 17.9 Å². The van der Waals surface area contributed by atoms with Gasteiger partial charge in [0.1, 0.15) is 29.3 Å². The maximum atomic E-state index is 9.39. The second-order valence-corrected chi connectivity index (χ2v) is 6.49. The largest absolute Gasteiger partial charge is 0.397 e. The van der Waals surface area contributed by atoms with Crippen LogP contribution in [0.3, 0.4) is 0 Å². The maximum absolute atomic E-state index is 9.39. The first-order valence-electron chi connectivity index (χ1n) is 8.30. The highest BCUT2D eigenvalue weighted by Gasteiger charge is 2.30. The molecule has 142 valence electrons. The number of nitrogens with zero attached hydrogens (tertiary/aromatic N) is 6. The van der Waals surface area contributed by atoms with Crippen LogP contribution in [0, 0.1) is 22.8 Å². The lowest BCUT2D eigenvalue weighted by Crippen LogP contribution is -2.32. The monoisotopic (exact) mass is 404 g/mol. The molecule has 0 saturated carbocycles. The number of nitrogen functional groups attached to an aromatic ring is 2. The summed E-state index contributed by atoms with van der Waals surface area (Å²) in [5, 5.41) is 24.2. The molecule has 1 aromatic carbocycles. The van der Waals surface area contributed by atoms with Crippen molar-refractivity contribution in [2.24, 2.45) is 4.99 Å². The summed E-state index contributed by atoms with van der Waals surface area (Å²) in [7, 11) is 0. The Labute approximate surface area is 170 Å². The number of nitrogens with two attached hydrogens (primary N) is 2. The van der Waals surface area contributed by atoms with E-state index in [2.05, 4.69) is 25.6 Å². The van der Waals surface area contributed by atoms with E-state index in [1.165, 1.54) is 0 Å². The highest BCUT2D eigenvalue weighted by Crippen LogP contribution is 2.41. The maximum Gasteiger partial charge on any atom is 0.211 e. The molecular weight excluding hydrogens is 392 g/mol. The summed E-state index contributed by atoms with van der Waals surface area (Å²) >= 11 is 6.49. The van der Waals surface area contributed by atoms with Crippen LogP contribution in [-0.2, 0) is 0 Å². The van der Waals surface area contributed by atoms with E-state index < -0.39 is 6.04 Å². The summed E-state index contributed by atoms with van der Waals surface area (Å²) in [6, 6.07) is 6.70. The van der Waals surface area contributed by atoms with Crippen LogP contribution >= 0.6 is 11.6 Å². The molecule has 1 atom stereocenters. The van der Waals surface area contributed by atoms with Crippen LogP contribution in [0.5, 0.6) is 0 Å². The number of aromatic nitrogens is 3. The molecule has 3 heterocycles. The average molecular weight is 405 g/mol. The summed E-state index contributed by atoms with van der Waals surface area (Å²) in [6.07, 6.45) is 6.87. The van der Waals surface area contributed by atoms with Gasteiger partial charge in [-0.15, -0.1) is 0 Å². The number of pyridine rings is 1. The molecule has 0 fully saturated rings. The smallest absolute Gasteiger partial charge is 0.211 e. The number of imidazole rings is 1. The second-order valence-electron chi connectivity index (χ2n) is 6.08. The van der Waals surface area contributed by atoms with E-state index in [1.807, 2.05) is 24.4 Å². The van der Waals surface area contributed by atoms with Gasteiger partial charge >= 0.3 is 0 Å². The van der Waals surface area contributed by atoms with E-state index in [0.717, 1.165) is 5.69 Å². The zero-order valence-corrected chi connectivity index (χ0v) is 15.5. The van der Waals surface area contributed by atoms with Gasteiger partial charge in [0, 0.05) is 18.0 Å². The van der Waals surface area contributed by atoms with Gasteiger partial charge < -0.3 is 21.4 Å². The zero-order valence-electron chi connectivity index (χ0n) is 14.8. The van der Waals surface area contributed by atoms with E-state index in [9.17, 15) is 5.26 Å². The van der Waals surface area contributed by atoms with Crippen LogP contribution < -0.4 is 22.1 Å². The van der Waals surface area contributed by atoms with Crippen molar-refractivity contribution in [3.05, 3.63) is 58.6 Å². The van der Waals surface area contributed by atoms with Crippen LogP contribution in [0.2, 0.25) is 5.02 Å². The van der Waals surface area contributed by atoms with E-state index in [1.54, 1.807) is 29.4 Å². The number of nitrogens with one attached hydrogen (secondary N) is 2. The SMILES string of the molecule is N#CNC1=NC(c2ccc(-n3ccnc3)c(Cl)c2)c2c(nc(N)c(C#N)c2N)N1. The third kappa shape index (κ3) is 3.04. The number of halogens is 1. The first-order valence-corrected chi connectivity index (χ1v) is 8.68. The summed E-state index contributed by atoms with van der Waals surface area (Å²) in [5.41, 5.74) is 14.2. The molecule has 4 rings (SSSR count). The Morgan fingerprint density at radius 1 is 1.28 bits per heavy atom. The first kappa shape index (κ1) is 18.1. The van der Waals surface area contributed by atoms with Gasteiger partial charge in [-0.2, -0.15) is 10.5 Å². The minimum absolute atomic E-state index is 0.0123. The van der Waals surface area contributed by atoms with Crippen molar-refractivity contribution in [3.63, 3.8) is 0 Å². The molecule has 0 aliphatic carbocycles. The molecule has 0 radical (unpaired) electrons. The highest BCUT2D eigenvalue weighted by atomic mass is 35.5. The second kappa shape index (κ2) is 7.03. The van der Waals surface area contributed by atoms with E-state index in [4.69, 9.17) is 28.3 Å². The fourth-order valence-electron chi connectivity index (χ4n) is 3.13. The molecule has 29 heavy (non-hydrogen) atoms. The fourth-order valence-corrected chi connectivity index (χ4v) is 3.41. The predicted molar refractivity (Wildman–Crippen MR) is 108 cm³/mol. The van der Waals surface area contributed by atoms with Crippen LogP contribution in [0.15, 0.2) is 41.9 Å². The minimum atomic E-state index is -0.656. The van der Waals surface area contributed by atoms with Gasteiger partial charge in [-0.1, -0.05) is 17.7 Å². The van der Waals surface area contributed by atoms with Gasteiger partial charge in [0.15, 0.2) is 6.19 Å². The molecule has 1 aliphatic heterocycles. The molecule has 1 aliphatic rings. The fraction of sp³-hybridized carbons (Fsp3) is 0.0556. The van der Waals surface area contributed by atoms with Gasteiger partial charge in [-0.05, 0) is 17.7 Å². The van der Waals surface area contributed by atoms with Crippen molar-refractivity contribution in [2.75, 3.05) is 16.8 Å². The number of guanidine groups is 1. The third-order valence-electron chi connectivity index (χ3n) is 4.43. The van der Waals surface area contributed by atoms with Crippen molar-refractivity contribution in [1.29, 1.82) is 10.5 Å². The van der Waals surface area contributed by atoms with Crippen molar-refractivity contribution >= 4 is 34.9 Å².